The highest BCUT2D eigenvalue weighted by Gasteiger charge is 2.09. The van der Waals surface area contributed by atoms with E-state index in [4.69, 9.17) is 4.42 Å². The van der Waals surface area contributed by atoms with E-state index in [0.29, 0.717) is 13.0 Å². The highest BCUT2D eigenvalue weighted by molar-refractivity contribution is 5.94. The van der Waals surface area contributed by atoms with E-state index in [2.05, 4.69) is 10.3 Å². The number of carbonyl (C=O) groups is 1. The molecule has 0 spiro atoms. The SMILES string of the molecule is O=C(NCCc1cocn1)c1ccccc1F. The summed E-state index contributed by atoms with van der Waals surface area (Å²) in [6.45, 7) is 0.389. The zero-order valence-electron chi connectivity index (χ0n) is 9.02. The van der Waals surface area contributed by atoms with Gasteiger partial charge in [-0.25, -0.2) is 9.37 Å². The number of hydrogen-bond donors (Lipinski definition) is 1. The fourth-order valence-corrected chi connectivity index (χ4v) is 1.41. The van der Waals surface area contributed by atoms with Gasteiger partial charge in [-0.3, -0.25) is 4.79 Å². The summed E-state index contributed by atoms with van der Waals surface area (Å²) in [6.07, 6.45) is 3.39. The quantitative estimate of drug-likeness (QED) is 0.877. The van der Waals surface area contributed by atoms with Gasteiger partial charge < -0.3 is 9.73 Å². The lowest BCUT2D eigenvalue weighted by Crippen LogP contribution is -2.26. The van der Waals surface area contributed by atoms with Crippen molar-refractivity contribution in [1.29, 1.82) is 0 Å². The van der Waals surface area contributed by atoms with Gasteiger partial charge in [0.2, 0.25) is 0 Å². The number of carbonyl (C=O) groups excluding carboxylic acids is 1. The maximum atomic E-state index is 13.3. The molecule has 0 unspecified atom stereocenters. The number of nitrogens with one attached hydrogen (secondary N) is 1. The molecule has 2 aromatic rings. The Morgan fingerprint density at radius 1 is 1.41 bits per heavy atom. The van der Waals surface area contributed by atoms with Crippen LogP contribution in [0.4, 0.5) is 4.39 Å². The molecule has 0 radical (unpaired) electrons. The van der Waals surface area contributed by atoms with Gasteiger partial charge in [-0.1, -0.05) is 12.1 Å². The molecular weight excluding hydrogens is 223 g/mol. The number of amides is 1. The van der Waals surface area contributed by atoms with Crippen molar-refractivity contribution in [1.82, 2.24) is 10.3 Å². The Kier molecular flexibility index (Phi) is 3.49. The standard InChI is InChI=1S/C12H11FN2O2/c13-11-4-2-1-3-10(11)12(16)14-6-5-9-7-17-8-15-9/h1-4,7-8H,5-6H2,(H,14,16). The molecule has 2 rings (SSSR count). The lowest BCUT2D eigenvalue weighted by atomic mass is 10.2. The first-order valence-electron chi connectivity index (χ1n) is 5.17. The van der Waals surface area contributed by atoms with Crippen molar-refractivity contribution in [3.05, 3.63) is 54.0 Å². The van der Waals surface area contributed by atoms with Gasteiger partial charge in [0, 0.05) is 13.0 Å². The minimum atomic E-state index is -0.522. The second-order valence-corrected chi connectivity index (χ2v) is 3.47. The van der Waals surface area contributed by atoms with Gasteiger partial charge in [-0.2, -0.15) is 0 Å². The van der Waals surface area contributed by atoms with Crippen molar-refractivity contribution >= 4 is 5.91 Å². The zero-order chi connectivity index (χ0) is 12.1. The summed E-state index contributed by atoms with van der Waals surface area (Å²) >= 11 is 0. The summed E-state index contributed by atoms with van der Waals surface area (Å²) in [7, 11) is 0. The molecule has 0 aliphatic carbocycles. The second-order valence-electron chi connectivity index (χ2n) is 3.47. The van der Waals surface area contributed by atoms with Crippen LogP contribution in [-0.2, 0) is 6.42 Å². The van der Waals surface area contributed by atoms with E-state index in [1.165, 1.54) is 24.8 Å². The fraction of sp³-hybridized carbons (Fsp3) is 0.167. The fourth-order valence-electron chi connectivity index (χ4n) is 1.41. The molecular formula is C12H11FN2O2. The number of benzene rings is 1. The van der Waals surface area contributed by atoms with E-state index in [0.717, 1.165) is 5.69 Å². The molecule has 0 bridgehead atoms. The summed E-state index contributed by atoms with van der Waals surface area (Å²) in [6, 6.07) is 5.87. The minimum absolute atomic E-state index is 0.0488. The first-order valence-corrected chi connectivity index (χ1v) is 5.17. The van der Waals surface area contributed by atoms with Crippen LogP contribution in [0, 0.1) is 5.82 Å². The monoisotopic (exact) mass is 234 g/mol. The lowest BCUT2D eigenvalue weighted by Gasteiger charge is -2.04. The Morgan fingerprint density at radius 2 is 2.24 bits per heavy atom. The largest absolute Gasteiger partial charge is 0.451 e. The number of halogens is 1. The number of oxazole rings is 1. The molecule has 4 nitrogen and oxygen atoms in total. The highest BCUT2D eigenvalue weighted by atomic mass is 19.1. The molecule has 17 heavy (non-hydrogen) atoms. The summed E-state index contributed by atoms with van der Waals surface area (Å²) < 4.78 is 18.0. The van der Waals surface area contributed by atoms with Crippen molar-refractivity contribution in [3.8, 4) is 0 Å². The van der Waals surface area contributed by atoms with Crippen LogP contribution in [0.5, 0.6) is 0 Å². The van der Waals surface area contributed by atoms with E-state index in [-0.39, 0.29) is 5.56 Å². The van der Waals surface area contributed by atoms with Crippen LogP contribution in [0.2, 0.25) is 0 Å². The molecule has 88 valence electrons. The predicted octanol–water partition coefficient (Wildman–Crippen LogP) is 1.79. The van der Waals surface area contributed by atoms with Crippen LogP contribution in [-0.4, -0.2) is 17.4 Å². The van der Waals surface area contributed by atoms with E-state index < -0.39 is 11.7 Å². The molecule has 1 aromatic carbocycles. The highest BCUT2D eigenvalue weighted by Crippen LogP contribution is 2.05. The average Bonchev–Trinajstić information content (AvgIpc) is 2.82. The van der Waals surface area contributed by atoms with Crippen molar-refractivity contribution in [2.24, 2.45) is 0 Å². The van der Waals surface area contributed by atoms with Crippen molar-refractivity contribution < 1.29 is 13.6 Å². The van der Waals surface area contributed by atoms with Crippen LogP contribution < -0.4 is 5.32 Å². The Hall–Kier alpha value is -2.17. The minimum Gasteiger partial charge on any atom is -0.451 e. The van der Waals surface area contributed by atoms with E-state index >= 15 is 0 Å². The van der Waals surface area contributed by atoms with Gasteiger partial charge in [0.25, 0.3) is 5.91 Å². The van der Waals surface area contributed by atoms with Gasteiger partial charge in [-0.05, 0) is 12.1 Å². The van der Waals surface area contributed by atoms with Crippen LogP contribution in [0.3, 0.4) is 0 Å². The van der Waals surface area contributed by atoms with Gasteiger partial charge in [0.05, 0.1) is 11.3 Å². The molecule has 5 heteroatoms. The summed E-state index contributed by atoms with van der Waals surface area (Å²) in [5.41, 5.74) is 0.798. The van der Waals surface area contributed by atoms with Crippen LogP contribution in [0.15, 0.2) is 41.3 Å². The van der Waals surface area contributed by atoms with Crippen LogP contribution >= 0.6 is 0 Å². The Morgan fingerprint density at radius 3 is 2.94 bits per heavy atom. The molecule has 0 aliphatic rings. The van der Waals surface area contributed by atoms with E-state index in [1.54, 1.807) is 12.1 Å². The maximum absolute atomic E-state index is 13.3. The average molecular weight is 234 g/mol. The molecule has 0 saturated heterocycles. The van der Waals surface area contributed by atoms with Crippen molar-refractivity contribution in [2.45, 2.75) is 6.42 Å². The van der Waals surface area contributed by atoms with Crippen LogP contribution in [0.1, 0.15) is 16.1 Å². The smallest absolute Gasteiger partial charge is 0.254 e. The summed E-state index contributed by atoms with van der Waals surface area (Å²) in [5.74, 6) is -0.946. The summed E-state index contributed by atoms with van der Waals surface area (Å²) in [4.78, 5) is 15.5. The number of aromatic nitrogens is 1. The normalized spacial score (nSPS) is 10.2. The maximum Gasteiger partial charge on any atom is 0.254 e. The topological polar surface area (TPSA) is 55.1 Å². The second kappa shape index (κ2) is 5.25. The molecule has 1 amide bonds. The van der Waals surface area contributed by atoms with Gasteiger partial charge in [0.1, 0.15) is 12.1 Å². The number of hydrogen-bond acceptors (Lipinski definition) is 3. The van der Waals surface area contributed by atoms with Gasteiger partial charge in [-0.15, -0.1) is 0 Å². The zero-order valence-corrected chi connectivity index (χ0v) is 9.02. The molecule has 1 N–H and O–H groups in total. The Bertz CT molecular complexity index is 497. The first kappa shape index (κ1) is 11.3. The third-order valence-corrected chi connectivity index (χ3v) is 2.27. The molecule has 1 aromatic heterocycles. The Labute approximate surface area is 97.5 Å². The van der Waals surface area contributed by atoms with E-state index in [1.807, 2.05) is 0 Å². The van der Waals surface area contributed by atoms with E-state index in [9.17, 15) is 9.18 Å². The summed E-state index contributed by atoms with van der Waals surface area (Å²) in [5, 5.41) is 2.62. The molecule has 0 saturated carbocycles. The molecule has 0 atom stereocenters. The van der Waals surface area contributed by atoms with Gasteiger partial charge in [0.15, 0.2) is 6.39 Å². The third-order valence-electron chi connectivity index (χ3n) is 2.27. The Balaban J connectivity index is 1.88. The molecule has 0 aliphatic heterocycles. The number of rotatable bonds is 4. The number of nitrogens with zero attached hydrogens (tertiary/aromatic N) is 1. The third kappa shape index (κ3) is 2.90. The first-order chi connectivity index (χ1) is 8.27. The van der Waals surface area contributed by atoms with Crippen LogP contribution in [0.25, 0.3) is 0 Å². The van der Waals surface area contributed by atoms with Crippen molar-refractivity contribution in [3.63, 3.8) is 0 Å². The lowest BCUT2D eigenvalue weighted by molar-refractivity contribution is 0.0950. The van der Waals surface area contributed by atoms with Gasteiger partial charge >= 0.3 is 0 Å². The van der Waals surface area contributed by atoms with Crippen molar-refractivity contribution in [2.75, 3.05) is 6.54 Å². The predicted molar refractivity (Wildman–Crippen MR) is 58.9 cm³/mol. The molecule has 1 heterocycles. The molecule has 0 fully saturated rings.